The number of rotatable bonds is 5. The fourth-order valence-corrected chi connectivity index (χ4v) is 2.39. The summed E-state index contributed by atoms with van der Waals surface area (Å²) in [5.74, 6) is -0.162. The predicted octanol–water partition coefficient (Wildman–Crippen LogP) is 3.29. The van der Waals surface area contributed by atoms with E-state index in [9.17, 15) is 4.79 Å². The largest absolute Gasteiger partial charge is 0.322 e. The van der Waals surface area contributed by atoms with Crippen molar-refractivity contribution in [3.05, 3.63) is 41.2 Å². The second-order valence-electron chi connectivity index (χ2n) is 5.73. The van der Waals surface area contributed by atoms with Crippen LogP contribution in [0.4, 0.5) is 5.69 Å². The van der Waals surface area contributed by atoms with E-state index in [0.717, 1.165) is 23.4 Å². The molecule has 0 aliphatic carbocycles. The number of benzene rings is 1. The highest BCUT2D eigenvalue weighted by atomic mass is 35.5. The molecule has 0 aliphatic heterocycles. The van der Waals surface area contributed by atoms with E-state index >= 15 is 0 Å². The van der Waals surface area contributed by atoms with Gasteiger partial charge in [-0.25, -0.2) is 4.68 Å². The lowest BCUT2D eigenvalue weighted by Crippen LogP contribution is -2.35. The van der Waals surface area contributed by atoms with Gasteiger partial charge in [-0.2, -0.15) is 5.10 Å². The minimum absolute atomic E-state index is 0. The van der Waals surface area contributed by atoms with Crippen molar-refractivity contribution in [2.24, 2.45) is 5.73 Å². The van der Waals surface area contributed by atoms with E-state index in [4.69, 9.17) is 5.73 Å². The standard InChI is InChI=1S/C17H24N4O.ClH/c1-5-6-14(18)17(22)20-15-10-19-21(13(15)4)16-9-11(2)7-8-12(16)3;/h7-10,14H,5-6,18H2,1-4H3,(H,20,22);1H. The molecule has 0 saturated heterocycles. The number of carbonyl (C=O) groups is 1. The number of hydrogen-bond donors (Lipinski definition) is 2. The molecule has 2 aromatic rings. The molecule has 0 radical (unpaired) electrons. The Bertz CT molecular complexity index is 681. The highest BCUT2D eigenvalue weighted by Crippen LogP contribution is 2.22. The molecule has 1 atom stereocenters. The van der Waals surface area contributed by atoms with Crippen LogP contribution in [0.25, 0.3) is 5.69 Å². The van der Waals surface area contributed by atoms with Gasteiger partial charge in [0.1, 0.15) is 0 Å². The zero-order valence-corrected chi connectivity index (χ0v) is 14.9. The normalized spacial score (nSPS) is 11.7. The Labute approximate surface area is 143 Å². The Morgan fingerprint density at radius 2 is 2.04 bits per heavy atom. The molecule has 0 fully saturated rings. The zero-order chi connectivity index (χ0) is 16.3. The van der Waals surface area contributed by atoms with Crippen molar-refractivity contribution in [2.75, 3.05) is 5.32 Å². The van der Waals surface area contributed by atoms with Gasteiger partial charge < -0.3 is 11.1 Å². The summed E-state index contributed by atoms with van der Waals surface area (Å²) in [7, 11) is 0. The number of halogens is 1. The van der Waals surface area contributed by atoms with Gasteiger partial charge in [0, 0.05) is 0 Å². The molecule has 1 amide bonds. The number of aromatic nitrogens is 2. The molecule has 1 heterocycles. The minimum Gasteiger partial charge on any atom is -0.322 e. The minimum atomic E-state index is -0.478. The third kappa shape index (κ3) is 4.33. The first-order valence-electron chi connectivity index (χ1n) is 7.62. The van der Waals surface area contributed by atoms with Crippen LogP contribution in [-0.2, 0) is 4.79 Å². The lowest BCUT2D eigenvalue weighted by Gasteiger charge is -2.12. The summed E-state index contributed by atoms with van der Waals surface area (Å²) in [4.78, 5) is 12.0. The van der Waals surface area contributed by atoms with Crippen LogP contribution >= 0.6 is 12.4 Å². The number of nitrogens with one attached hydrogen (secondary N) is 1. The van der Waals surface area contributed by atoms with Crippen LogP contribution in [0.5, 0.6) is 0 Å². The summed E-state index contributed by atoms with van der Waals surface area (Å²) < 4.78 is 1.85. The molecule has 0 bridgehead atoms. The Morgan fingerprint density at radius 3 is 2.70 bits per heavy atom. The van der Waals surface area contributed by atoms with Gasteiger partial charge in [-0.1, -0.05) is 25.5 Å². The topological polar surface area (TPSA) is 72.9 Å². The Hall–Kier alpha value is -1.85. The van der Waals surface area contributed by atoms with Crippen LogP contribution in [0, 0.1) is 20.8 Å². The first-order valence-corrected chi connectivity index (χ1v) is 7.62. The molecule has 23 heavy (non-hydrogen) atoms. The van der Waals surface area contributed by atoms with Gasteiger partial charge in [0.2, 0.25) is 5.91 Å². The van der Waals surface area contributed by atoms with Gasteiger partial charge in [0.05, 0.1) is 29.3 Å². The van der Waals surface area contributed by atoms with E-state index in [1.807, 2.05) is 32.4 Å². The zero-order valence-electron chi connectivity index (χ0n) is 14.1. The summed E-state index contributed by atoms with van der Waals surface area (Å²) in [5.41, 5.74) is 10.8. The quantitative estimate of drug-likeness (QED) is 0.880. The molecule has 0 saturated carbocycles. The summed E-state index contributed by atoms with van der Waals surface area (Å²) in [5, 5.41) is 7.28. The molecule has 3 N–H and O–H groups in total. The summed E-state index contributed by atoms with van der Waals surface area (Å²) in [6.45, 7) is 8.05. The van der Waals surface area contributed by atoms with E-state index in [1.165, 1.54) is 5.56 Å². The first-order chi connectivity index (χ1) is 10.4. The van der Waals surface area contributed by atoms with Crippen molar-refractivity contribution in [2.45, 2.75) is 46.6 Å². The maximum absolute atomic E-state index is 12.0. The lowest BCUT2D eigenvalue weighted by atomic mass is 10.1. The number of carbonyl (C=O) groups excluding carboxylic acids is 1. The number of hydrogen-bond acceptors (Lipinski definition) is 3. The number of anilines is 1. The van der Waals surface area contributed by atoms with Crippen molar-refractivity contribution in [1.29, 1.82) is 0 Å². The molecule has 0 spiro atoms. The van der Waals surface area contributed by atoms with Crippen molar-refractivity contribution in [1.82, 2.24) is 9.78 Å². The highest BCUT2D eigenvalue weighted by Gasteiger charge is 2.16. The number of aryl methyl sites for hydroxylation is 2. The third-order valence-electron chi connectivity index (χ3n) is 3.80. The Morgan fingerprint density at radius 1 is 1.35 bits per heavy atom. The molecular formula is C17H25ClN4O. The van der Waals surface area contributed by atoms with Crippen LogP contribution in [-0.4, -0.2) is 21.7 Å². The van der Waals surface area contributed by atoms with E-state index < -0.39 is 6.04 Å². The molecule has 126 valence electrons. The average Bonchev–Trinajstić information content (AvgIpc) is 2.83. The summed E-state index contributed by atoms with van der Waals surface area (Å²) in [6.07, 6.45) is 3.24. The van der Waals surface area contributed by atoms with Crippen molar-refractivity contribution < 1.29 is 4.79 Å². The van der Waals surface area contributed by atoms with Gasteiger partial charge >= 0.3 is 0 Å². The second-order valence-corrected chi connectivity index (χ2v) is 5.73. The molecule has 1 unspecified atom stereocenters. The number of amides is 1. The fourth-order valence-electron chi connectivity index (χ4n) is 2.39. The third-order valence-corrected chi connectivity index (χ3v) is 3.80. The molecule has 0 aliphatic rings. The van der Waals surface area contributed by atoms with Crippen LogP contribution in [0.3, 0.4) is 0 Å². The number of nitrogens with two attached hydrogens (primary N) is 1. The van der Waals surface area contributed by atoms with E-state index in [-0.39, 0.29) is 18.3 Å². The monoisotopic (exact) mass is 336 g/mol. The SMILES string of the molecule is CCCC(N)C(=O)Nc1cnn(-c2cc(C)ccc2C)c1C.Cl. The first kappa shape index (κ1) is 19.2. The van der Waals surface area contributed by atoms with Crippen molar-refractivity contribution in [3.63, 3.8) is 0 Å². The maximum atomic E-state index is 12.0. The van der Waals surface area contributed by atoms with E-state index in [1.54, 1.807) is 6.20 Å². The van der Waals surface area contributed by atoms with E-state index in [0.29, 0.717) is 12.1 Å². The highest BCUT2D eigenvalue weighted by molar-refractivity contribution is 5.95. The number of nitrogens with zero attached hydrogens (tertiary/aromatic N) is 2. The van der Waals surface area contributed by atoms with Crippen molar-refractivity contribution in [3.8, 4) is 5.69 Å². The van der Waals surface area contributed by atoms with Gasteiger partial charge in [-0.05, 0) is 44.4 Å². The molecule has 1 aromatic heterocycles. The molecule has 6 heteroatoms. The van der Waals surface area contributed by atoms with Crippen LogP contribution in [0.15, 0.2) is 24.4 Å². The fraction of sp³-hybridized carbons (Fsp3) is 0.412. The average molecular weight is 337 g/mol. The van der Waals surface area contributed by atoms with Gasteiger partial charge in [0.15, 0.2) is 0 Å². The Balaban J connectivity index is 0.00000264. The molecular weight excluding hydrogens is 312 g/mol. The molecule has 1 aromatic carbocycles. The van der Waals surface area contributed by atoms with Crippen LogP contribution in [0.2, 0.25) is 0 Å². The second kappa shape index (κ2) is 8.13. The van der Waals surface area contributed by atoms with Gasteiger partial charge in [-0.3, -0.25) is 4.79 Å². The van der Waals surface area contributed by atoms with Gasteiger partial charge in [0.25, 0.3) is 0 Å². The molecule has 5 nitrogen and oxygen atoms in total. The maximum Gasteiger partial charge on any atom is 0.241 e. The molecule has 2 rings (SSSR count). The van der Waals surface area contributed by atoms with E-state index in [2.05, 4.69) is 28.6 Å². The van der Waals surface area contributed by atoms with Crippen LogP contribution < -0.4 is 11.1 Å². The van der Waals surface area contributed by atoms with Gasteiger partial charge in [-0.15, -0.1) is 12.4 Å². The van der Waals surface area contributed by atoms with Crippen molar-refractivity contribution >= 4 is 24.0 Å². The smallest absolute Gasteiger partial charge is 0.241 e. The summed E-state index contributed by atoms with van der Waals surface area (Å²) >= 11 is 0. The lowest BCUT2D eigenvalue weighted by molar-refractivity contribution is -0.117. The predicted molar refractivity (Wildman–Crippen MR) is 96.5 cm³/mol. The Kier molecular flexibility index (Phi) is 6.79. The van der Waals surface area contributed by atoms with Crippen LogP contribution in [0.1, 0.15) is 36.6 Å². The summed E-state index contributed by atoms with van der Waals surface area (Å²) in [6, 6.07) is 5.75.